The van der Waals surface area contributed by atoms with Gasteiger partial charge in [0.25, 0.3) is 0 Å². The zero-order chi connectivity index (χ0) is 17.2. The molecule has 0 aliphatic rings. The van der Waals surface area contributed by atoms with Crippen molar-refractivity contribution in [2.75, 3.05) is 0 Å². The summed E-state index contributed by atoms with van der Waals surface area (Å²) in [6.45, 7) is 8.24. The topological polar surface area (TPSA) is 17.3 Å². The molecule has 124 valence electrons. The molecule has 0 saturated carbocycles. The molecule has 1 aromatic carbocycles. The first-order valence-corrected chi connectivity index (χ1v) is 8.32. The van der Waals surface area contributed by atoms with E-state index in [-0.39, 0.29) is 0 Å². The highest BCUT2D eigenvalue weighted by molar-refractivity contribution is 7.20. The minimum Gasteiger partial charge on any atom is -0.296 e. The van der Waals surface area contributed by atoms with Gasteiger partial charge in [0.15, 0.2) is 10.7 Å². The maximum absolute atomic E-state index is 12.6. The summed E-state index contributed by atoms with van der Waals surface area (Å²) in [6.07, 6.45) is -1.69. The molecular weight excluding hydrogens is 321 g/mol. The molecule has 0 spiro atoms. The van der Waals surface area contributed by atoms with Crippen molar-refractivity contribution in [2.24, 2.45) is 0 Å². The smallest absolute Gasteiger partial charge is 0.296 e. The zero-order valence-electron chi connectivity index (χ0n) is 13.5. The molecule has 6 heteroatoms. The minimum atomic E-state index is -4.40. The Balaban J connectivity index is 0.000000924. The van der Waals surface area contributed by atoms with Crippen molar-refractivity contribution in [2.45, 2.75) is 39.8 Å². The van der Waals surface area contributed by atoms with Gasteiger partial charge in [-0.3, -0.25) is 4.40 Å². The molecule has 2 heterocycles. The number of rotatable bonds is 2. The van der Waals surface area contributed by atoms with Crippen LogP contribution in [-0.2, 0) is 6.18 Å². The van der Waals surface area contributed by atoms with Gasteiger partial charge in [-0.25, -0.2) is 4.98 Å². The summed E-state index contributed by atoms with van der Waals surface area (Å²) in [6, 6.07) is 8.07. The lowest BCUT2D eigenvalue weighted by atomic mass is 10.0. The number of hydrogen-bond donors (Lipinski definition) is 0. The fourth-order valence-electron chi connectivity index (χ4n) is 2.10. The van der Waals surface area contributed by atoms with Crippen molar-refractivity contribution in [3.63, 3.8) is 0 Å². The Morgan fingerprint density at radius 1 is 1.04 bits per heavy atom. The summed E-state index contributed by atoms with van der Waals surface area (Å²) in [4.78, 5) is 4.89. The number of thiazole rings is 1. The molecule has 0 fully saturated rings. The van der Waals surface area contributed by atoms with E-state index in [2.05, 4.69) is 18.8 Å². The van der Waals surface area contributed by atoms with Crippen LogP contribution in [0.25, 0.3) is 15.4 Å². The normalized spacial score (nSPS) is 11.7. The molecule has 0 unspecified atom stereocenters. The maximum atomic E-state index is 12.6. The first-order valence-electron chi connectivity index (χ1n) is 7.50. The van der Waals surface area contributed by atoms with Gasteiger partial charge in [0, 0.05) is 12.4 Å². The number of benzene rings is 1. The molecule has 3 aromatic rings. The first-order chi connectivity index (χ1) is 10.8. The lowest BCUT2D eigenvalue weighted by Crippen LogP contribution is -2.04. The van der Waals surface area contributed by atoms with Crippen LogP contribution in [0.2, 0.25) is 0 Å². The standard InChI is InChI=1S/C15H13F3N2S.C2H6/c1-9(2)10-3-5-11(6-4-10)12-7-20-8-13(15(16,17)18)19-14(20)21-12;1-2/h3-9H,1-2H3;1-2H3. The molecule has 0 aliphatic carbocycles. The number of hydrogen-bond acceptors (Lipinski definition) is 2. The van der Waals surface area contributed by atoms with Crippen LogP contribution in [0.1, 0.15) is 44.9 Å². The minimum absolute atomic E-state index is 0.352. The van der Waals surface area contributed by atoms with E-state index in [0.717, 1.165) is 16.6 Å². The molecule has 2 aromatic heterocycles. The van der Waals surface area contributed by atoms with Crippen molar-refractivity contribution < 1.29 is 13.2 Å². The van der Waals surface area contributed by atoms with Crippen molar-refractivity contribution >= 4 is 16.3 Å². The van der Waals surface area contributed by atoms with E-state index in [1.165, 1.54) is 21.3 Å². The van der Waals surface area contributed by atoms with Crippen LogP contribution in [0.3, 0.4) is 0 Å². The largest absolute Gasteiger partial charge is 0.434 e. The highest BCUT2D eigenvalue weighted by atomic mass is 32.1. The van der Waals surface area contributed by atoms with Crippen LogP contribution in [-0.4, -0.2) is 9.38 Å². The highest BCUT2D eigenvalue weighted by Gasteiger charge is 2.34. The van der Waals surface area contributed by atoms with E-state index in [0.29, 0.717) is 10.9 Å². The summed E-state index contributed by atoms with van der Waals surface area (Å²) < 4.78 is 39.2. The summed E-state index contributed by atoms with van der Waals surface area (Å²) in [7, 11) is 0. The summed E-state index contributed by atoms with van der Waals surface area (Å²) in [5, 5.41) is 0. The SMILES string of the molecule is CC.CC(C)c1ccc(-c2cn3cc(C(F)(F)F)nc3s2)cc1. The number of fused-ring (bicyclic) bond motifs is 1. The highest BCUT2D eigenvalue weighted by Crippen LogP contribution is 2.33. The van der Waals surface area contributed by atoms with Gasteiger partial charge in [0.1, 0.15) is 0 Å². The van der Waals surface area contributed by atoms with Crippen molar-refractivity contribution in [1.82, 2.24) is 9.38 Å². The van der Waals surface area contributed by atoms with E-state index in [4.69, 9.17) is 0 Å². The van der Waals surface area contributed by atoms with E-state index >= 15 is 0 Å². The van der Waals surface area contributed by atoms with Crippen molar-refractivity contribution in [1.29, 1.82) is 0 Å². The van der Waals surface area contributed by atoms with Crippen LogP contribution >= 0.6 is 11.3 Å². The first kappa shape index (κ1) is 17.5. The van der Waals surface area contributed by atoms with Crippen LogP contribution in [0.5, 0.6) is 0 Å². The molecule has 0 N–H and O–H groups in total. The predicted octanol–water partition coefficient (Wildman–Crippen LogP) is 6.23. The van der Waals surface area contributed by atoms with Crippen LogP contribution < -0.4 is 0 Å². The van der Waals surface area contributed by atoms with Gasteiger partial charge >= 0.3 is 6.18 Å². The average molecular weight is 340 g/mol. The van der Waals surface area contributed by atoms with Gasteiger partial charge in [0.2, 0.25) is 0 Å². The molecule has 0 aliphatic heterocycles. The quantitative estimate of drug-likeness (QED) is 0.540. The molecule has 23 heavy (non-hydrogen) atoms. The van der Waals surface area contributed by atoms with Gasteiger partial charge in [-0.05, 0) is 17.0 Å². The molecule has 0 radical (unpaired) electrons. The Kier molecular flexibility index (Phi) is 5.14. The molecule has 0 atom stereocenters. The molecule has 2 nitrogen and oxygen atoms in total. The predicted molar refractivity (Wildman–Crippen MR) is 88.9 cm³/mol. The Morgan fingerprint density at radius 2 is 1.65 bits per heavy atom. The van der Waals surface area contributed by atoms with E-state index in [1.807, 2.05) is 38.1 Å². The molecular formula is C17H19F3N2S. The Morgan fingerprint density at radius 3 is 2.13 bits per heavy atom. The number of halogens is 3. The summed E-state index contributed by atoms with van der Waals surface area (Å²) >= 11 is 1.25. The maximum Gasteiger partial charge on any atom is 0.434 e. The van der Waals surface area contributed by atoms with Gasteiger partial charge in [-0.1, -0.05) is 63.3 Å². The number of imidazole rings is 1. The fraction of sp³-hybridized carbons (Fsp3) is 0.353. The summed E-state index contributed by atoms with van der Waals surface area (Å²) in [5.41, 5.74) is 1.37. The molecule has 0 amide bonds. The second-order valence-electron chi connectivity index (χ2n) is 5.19. The Labute approximate surface area is 137 Å². The third-order valence-electron chi connectivity index (χ3n) is 3.31. The average Bonchev–Trinajstić information content (AvgIpc) is 3.07. The van der Waals surface area contributed by atoms with E-state index in [1.54, 1.807) is 6.20 Å². The zero-order valence-corrected chi connectivity index (χ0v) is 14.3. The van der Waals surface area contributed by atoms with Crippen molar-refractivity contribution in [3.05, 3.63) is 47.9 Å². The molecule has 0 bridgehead atoms. The van der Waals surface area contributed by atoms with Gasteiger partial charge in [-0.2, -0.15) is 13.2 Å². The number of nitrogens with zero attached hydrogens (tertiary/aromatic N) is 2. The van der Waals surface area contributed by atoms with Gasteiger partial charge < -0.3 is 0 Å². The second kappa shape index (κ2) is 6.74. The lowest BCUT2D eigenvalue weighted by molar-refractivity contribution is -0.140. The van der Waals surface area contributed by atoms with E-state index < -0.39 is 11.9 Å². The van der Waals surface area contributed by atoms with Crippen LogP contribution in [0, 0.1) is 0 Å². The summed E-state index contributed by atoms with van der Waals surface area (Å²) in [5.74, 6) is 0.453. The van der Waals surface area contributed by atoms with Crippen LogP contribution in [0.4, 0.5) is 13.2 Å². The fourth-order valence-corrected chi connectivity index (χ4v) is 3.07. The van der Waals surface area contributed by atoms with E-state index in [9.17, 15) is 13.2 Å². The third kappa shape index (κ3) is 3.75. The lowest BCUT2D eigenvalue weighted by Gasteiger charge is -2.05. The van der Waals surface area contributed by atoms with Crippen LogP contribution in [0.15, 0.2) is 36.7 Å². The van der Waals surface area contributed by atoms with Crippen molar-refractivity contribution in [3.8, 4) is 10.4 Å². The van der Waals surface area contributed by atoms with Gasteiger partial charge in [-0.15, -0.1) is 0 Å². The molecule has 3 rings (SSSR count). The monoisotopic (exact) mass is 340 g/mol. The second-order valence-corrected chi connectivity index (χ2v) is 6.19. The Hall–Kier alpha value is -1.82. The van der Waals surface area contributed by atoms with Gasteiger partial charge in [0.05, 0.1) is 4.88 Å². The number of aromatic nitrogens is 2. The third-order valence-corrected chi connectivity index (χ3v) is 4.35. The number of alkyl halides is 3. The molecule has 0 saturated heterocycles. The Bertz CT molecular complexity index is 736.